The molecule has 1 aliphatic rings. The van der Waals surface area contributed by atoms with Gasteiger partial charge in [0.2, 0.25) is 5.91 Å². The van der Waals surface area contributed by atoms with Crippen LogP contribution in [0.4, 0.5) is 11.4 Å². The van der Waals surface area contributed by atoms with Gasteiger partial charge in [0.15, 0.2) is 0 Å². The van der Waals surface area contributed by atoms with Crippen LogP contribution in [0.25, 0.3) is 5.76 Å². The zero-order chi connectivity index (χ0) is 26.9. The van der Waals surface area contributed by atoms with Crippen molar-refractivity contribution in [2.75, 3.05) is 24.4 Å². The number of rotatable bonds is 6. The van der Waals surface area contributed by atoms with E-state index in [1.165, 1.54) is 11.8 Å². The maximum Gasteiger partial charge on any atom is 0.300 e. The number of aliphatic hydroxyl groups excluding tert-OH is 1. The van der Waals surface area contributed by atoms with Crippen molar-refractivity contribution >= 4 is 34.7 Å². The molecule has 3 aromatic rings. The van der Waals surface area contributed by atoms with Gasteiger partial charge in [0.25, 0.3) is 11.7 Å². The lowest BCUT2D eigenvalue weighted by Gasteiger charge is -2.26. The van der Waals surface area contributed by atoms with Gasteiger partial charge in [-0.15, -0.1) is 0 Å². The highest BCUT2D eigenvalue weighted by Crippen LogP contribution is 2.43. The Kier molecular flexibility index (Phi) is 7.02. The lowest BCUT2D eigenvalue weighted by atomic mass is 9.93. The van der Waals surface area contributed by atoms with Crippen LogP contribution in [-0.2, 0) is 14.4 Å². The highest BCUT2D eigenvalue weighted by molar-refractivity contribution is 6.51. The lowest BCUT2D eigenvalue weighted by Crippen LogP contribution is -2.29. The molecule has 0 spiro atoms. The summed E-state index contributed by atoms with van der Waals surface area (Å²) < 4.78 is 10.6. The molecule has 190 valence electrons. The first-order chi connectivity index (χ1) is 17.7. The standard InChI is InChI=1S/C29H28N2O6/c1-16-15-24(37-5)17(2)14-23(16)27(33)25-26(19-6-12-22(36-4)13-7-19)31(29(35)28(25)34)21-10-8-20(9-11-21)30-18(3)32/h6-15,26,33H,1-5H3,(H,30,32)/b27-25+. The van der Waals surface area contributed by atoms with E-state index in [9.17, 15) is 19.5 Å². The number of ether oxygens (including phenoxy) is 2. The minimum atomic E-state index is -0.890. The van der Waals surface area contributed by atoms with Crippen LogP contribution in [0.5, 0.6) is 11.5 Å². The summed E-state index contributed by atoms with van der Waals surface area (Å²) in [4.78, 5) is 39.6. The van der Waals surface area contributed by atoms with E-state index in [1.807, 2.05) is 6.92 Å². The van der Waals surface area contributed by atoms with Crippen molar-refractivity contribution in [2.45, 2.75) is 26.8 Å². The largest absolute Gasteiger partial charge is 0.507 e. The predicted molar refractivity (Wildman–Crippen MR) is 141 cm³/mol. The molecule has 8 heteroatoms. The van der Waals surface area contributed by atoms with Gasteiger partial charge in [-0.25, -0.2) is 0 Å². The Morgan fingerprint density at radius 1 is 0.919 bits per heavy atom. The van der Waals surface area contributed by atoms with E-state index in [2.05, 4.69) is 5.32 Å². The molecule has 3 aromatic carbocycles. The number of methoxy groups -OCH3 is 2. The number of aliphatic hydroxyl groups is 1. The Hall–Kier alpha value is -4.59. The Balaban J connectivity index is 1.91. The van der Waals surface area contributed by atoms with Crippen molar-refractivity contribution in [2.24, 2.45) is 0 Å². The minimum absolute atomic E-state index is 0.0197. The summed E-state index contributed by atoms with van der Waals surface area (Å²) in [6.45, 7) is 5.04. The first-order valence-electron chi connectivity index (χ1n) is 11.6. The van der Waals surface area contributed by atoms with Crippen molar-refractivity contribution in [1.82, 2.24) is 0 Å². The SMILES string of the molecule is COc1ccc(C2/C(=C(\O)c3cc(C)c(OC)cc3C)C(=O)C(=O)N2c2ccc(NC(C)=O)cc2)cc1. The molecule has 1 heterocycles. The number of ketones is 1. The number of carbonyl (C=O) groups is 3. The molecular weight excluding hydrogens is 472 g/mol. The van der Waals surface area contributed by atoms with Gasteiger partial charge in [0, 0.05) is 23.9 Å². The number of benzene rings is 3. The van der Waals surface area contributed by atoms with Gasteiger partial charge in [-0.3, -0.25) is 19.3 Å². The summed E-state index contributed by atoms with van der Waals surface area (Å²) in [6.07, 6.45) is 0. The third-order valence-electron chi connectivity index (χ3n) is 6.34. The van der Waals surface area contributed by atoms with Crippen LogP contribution < -0.4 is 19.7 Å². The zero-order valence-corrected chi connectivity index (χ0v) is 21.3. The molecule has 0 aliphatic carbocycles. The summed E-state index contributed by atoms with van der Waals surface area (Å²) in [6, 6.07) is 16.2. The average Bonchev–Trinajstić information content (AvgIpc) is 3.15. The Morgan fingerprint density at radius 2 is 1.57 bits per heavy atom. The van der Waals surface area contributed by atoms with E-state index in [0.717, 1.165) is 5.56 Å². The molecule has 1 fully saturated rings. The lowest BCUT2D eigenvalue weighted by molar-refractivity contribution is -0.132. The van der Waals surface area contributed by atoms with Crippen LogP contribution in [-0.4, -0.2) is 36.9 Å². The fourth-order valence-electron chi connectivity index (χ4n) is 4.52. The summed E-state index contributed by atoms with van der Waals surface area (Å²) in [5.74, 6) is -0.784. The summed E-state index contributed by atoms with van der Waals surface area (Å²) >= 11 is 0. The summed E-state index contributed by atoms with van der Waals surface area (Å²) in [5, 5.41) is 14.2. The molecule has 37 heavy (non-hydrogen) atoms. The van der Waals surface area contributed by atoms with E-state index in [1.54, 1.807) is 81.8 Å². The topological polar surface area (TPSA) is 105 Å². The fourth-order valence-corrected chi connectivity index (χ4v) is 4.52. The fraction of sp³-hybridized carbons (Fsp3) is 0.207. The van der Waals surface area contributed by atoms with E-state index in [-0.39, 0.29) is 17.2 Å². The average molecular weight is 501 g/mol. The molecule has 0 radical (unpaired) electrons. The van der Waals surface area contributed by atoms with Crippen LogP contribution in [0.3, 0.4) is 0 Å². The Morgan fingerprint density at radius 3 is 2.14 bits per heavy atom. The number of hydrogen-bond donors (Lipinski definition) is 2. The second kappa shape index (κ2) is 10.2. The Bertz CT molecular complexity index is 1410. The molecule has 2 amide bonds. The van der Waals surface area contributed by atoms with Gasteiger partial charge in [0.1, 0.15) is 17.3 Å². The Labute approximate surface area is 215 Å². The first kappa shape index (κ1) is 25.5. The molecule has 1 atom stereocenters. The van der Waals surface area contributed by atoms with Crippen LogP contribution in [0.1, 0.15) is 35.2 Å². The highest BCUT2D eigenvalue weighted by Gasteiger charge is 2.47. The van der Waals surface area contributed by atoms with Gasteiger partial charge in [-0.2, -0.15) is 0 Å². The van der Waals surface area contributed by atoms with Crippen LogP contribution in [0.2, 0.25) is 0 Å². The van der Waals surface area contributed by atoms with Crippen molar-refractivity contribution in [3.63, 3.8) is 0 Å². The molecule has 1 aliphatic heterocycles. The maximum absolute atomic E-state index is 13.4. The normalized spacial score (nSPS) is 16.6. The molecule has 0 aromatic heterocycles. The third-order valence-corrected chi connectivity index (χ3v) is 6.34. The monoisotopic (exact) mass is 500 g/mol. The molecule has 8 nitrogen and oxygen atoms in total. The number of Topliss-reactive ketones (excluding diaryl/α,β-unsaturated/α-hetero) is 1. The quantitative estimate of drug-likeness (QED) is 0.283. The number of hydrogen-bond acceptors (Lipinski definition) is 6. The third kappa shape index (κ3) is 4.78. The van der Waals surface area contributed by atoms with Crippen molar-refractivity contribution < 1.29 is 29.0 Å². The number of carbonyl (C=O) groups excluding carboxylic acids is 3. The van der Waals surface area contributed by atoms with Gasteiger partial charge in [-0.1, -0.05) is 12.1 Å². The van der Waals surface area contributed by atoms with Gasteiger partial charge < -0.3 is 19.9 Å². The van der Waals surface area contributed by atoms with Crippen LogP contribution in [0, 0.1) is 13.8 Å². The summed E-state index contributed by atoms with van der Waals surface area (Å²) in [5.41, 5.74) is 3.51. The molecule has 0 saturated carbocycles. The van der Waals surface area contributed by atoms with Gasteiger partial charge in [-0.05, 0) is 79.1 Å². The number of aryl methyl sites for hydroxylation is 2. The molecular formula is C29H28N2O6. The maximum atomic E-state index is 13.4. The van der Waals surface area contributed by atoms with E-state index < -0.39 is 17.7 Å². The highest BCUT2D eigenvalue weighted by atomic mass is 16.5. The van der Waals surface area contributed by atoms with E-state index >= 15 is 0 Å². The smallest absolute Gasteiger partial charge is 0.300 e. The van der Waals surface area contributed by atoms with Crippen LogP contribution in [0.15, 0.2) is 66.2 Å². The number of amides is 2. The second-order valence-electron chi connectivity index (χ2n) is 8.81. The zero-order valence-electron chi connectivity index (χ0n) is 21.3. The van der Waals surface area contributed by atoms with Gasteiger partial charge in [0.05, 0.1) is 25.8 Å². The minimum Gasteiger partial charge on any atom is -0.507 e. The first-order valence-corrected chi connectivity index (χ1v) is 11.6. The van der Waals surface area contributed by atoms with Crippen molar-refractivity contribution in [3.8, 4) is 11.5 Å². The van der Waals surface area contributed by atoms with Crippen molar-refractivity contribution in [1.29, 1.82) is 0 Å². The molecule has 2 N–H and O–H groups in total. The molecule has 0 bridgehead atoms. The molecule has 4 rings (SSSR count). The number of anilines is 2. The number of nitrogens with zero attached hydrogens (tertiary/aromatic N) is 1. The number of nitrogens with one attached hydrogen (secondary N) is 1. The molecule has 1 saturated heterocycles. The van der Waals surface area contributed by atoms with E-state index in [4.69, 9.17) is 9.47 Å². The summed E-state index contributed by atoms with van der Waals surface area (Å²) in [7, 11) is 3.11. The van der Waals surface area contributed by atoms with Crippen LogP contribution >= 0.6 is 0 Å². The van der Waals surface area contributed by atoms with Gasteiger partial charge >= 0.3 is 0 Å². The van der Waals surface area contributed by atoms with E-state index in [0.29, 0.717) is 39.6 Å². The predicted octanol–water partition coefficient (Wildman–Crippen LogP) is 4.91. The van der Waals surface area contributed by atoms with Crippen molar-refractivity contribution in [3.05, 3.63) is 88.5 Å². The second-order valence-corrected chi connectivity index (χ2v) is 8.81. The molecule has 1 unspecified atom stereocenters.